The third-order valence-corrected chi connectivity index (χ3v) is 4.08. The zero-order valence-corrected chi connectivity index (χ0v) is 10.8. The van der Waals surface area contributed by atoms with Gasteiger partial charge in [0.15, 0.2) is 5.78 Å². The van der Waals surface area contributed by atoms with Crippen LogP contribution in [0.1, 0.15) is 46.5 Å². The van der Waals surface area contributed by atoms with Crippen LogP contribution in [0.15, 0.2) is 11.8 Å². The number of hydrogen-bond acceptors (Lipinski definition) is 2. The van der Waals surface area contributed by atoms with Crippen LogP contribution < -0.4 is 0 Å². The van der Waals surface area contributed by atoms with E-state index in [1.54, 1.807) is 0 Å². The largest absolute Gasteiger partial charge is 0.375 e. The molecule has 0 bridgehead atoms. The van der Waals surface area contributed by atoms with Gasteiger partial charge in [-0.3, -0.25) is 4.79 Å². The number of nitrogens with zero attached hydrogens (tertiary/aromatic N) is 1. The number of piperidine rings is 1. The van der Waals surface area contributed by atoms with E-state index in [-0.39, 0.29) is 0 Å². The molecule has 0 amide bonds. The number of carbonyl (C=O) groups is 1. The Hall–Kier alpha value is -0.790. The lowest BCUT2D eigenvalue weighted by atomic mass is 9.75. The molecule has 2 rings (SSSR count). The molecule has 0 aromatic carbocycles. The minimum Gasteiger partial charge on any atom is -0.375 e. The van der Waals surface area contributed by atoms with Crippen molar-refractivity contribution in [3.63, 3.8) is 0 Å². The van der Waals surface area contributed by atoms with E-state index in [2.05, 4.69) is 25.7 Å². The summed E-state index contributed by atoms with van der Waals surface area (Å²) in [4.78, 5) is 13.6. The predicted octanol–water partition coefficient (Wildman–Crippen LogP) is 2.99. The second kappa shape index (κ2) is 4.23. The van der Waals surface area contributed by atoms with Gasteiger partial charge in [0.25, 0.3) is 0 Å². The lowest BCUT2D eigenvalue weighted by Gasteiger charge is -2.40. The van der Waals surface area contributed by atoms with Crippen LogP contribution in [-0.4, -0.2) is 23.8 Å². The summed E-state index contributed by atoms with van der Waals surface area (Å²) < 4.78 is 0. The third kappa shape index (κ3) is 2.47. The van der Waals surface area contributed by atoms with Gasteiger partial charge in [0.2, 0.25) is 0 Å². The first-order chi connectivity index (χ1) is 7.47. The fourth-order valence-electron chi connectivity index (χ4n) is 2.86. The van der Waals surface area contributed by atoms with Crippen LogP contribution in [0.3, 0.4) is 0 Å². The van der Waals surface area contributed by atoms with E-state index < -0.39 is 0 Å². The maximum absolute atomic E-state index is 11.2. The summed E-state index contributed by atoms with van der Waals surface area (Å²) >= 11 is 0. The second-order valence-corrected chi connectivity index (χ2v) is 6.23. The molecule has 0 unspecified atom stereocenters. The number of rotatable bonds is 1. The van der Waals surface area contributed by atoms with Crippen molar-refractivity contribution in [3.05, 3.63) is 11.8 Å². The molecule has 0 atom stereocenters. The molecule has 1 aliphatic heterocycles. The van der Waals surface area contributed by atoms with E-state index in [4.69, 9.17) is 0 Å². The third-order valence-electron chi connectivity index (χ3n) is 4.08. The summed E-state index contributed by atoms with van der Waals surface area (Å²) in [7, 11) is 0. The minimum atomic E-state index is 0.313. The van der Waals surface area contributed by atoms with Gasteiger partial charge in [-0.15, -0.1) is 0 Å². The van der Waals surface area contributed by atoms with Crippen molar-refractivity contribution in [3.8, 4) is 0 Å². The van der Waals surface area contributed by atoms with Gasteiger partial charge in [-0.05, 0) is 30.6 Å². The Morgan fingerprint density at radius 1 is 1.19 bits per heavy atom. The van der Waals surface area contributed by atoms with E-state index in [9.17, 15) is 4.79 Å². The number of ketones is 1. The molecule has 0 radical (unpaired) electrons. The molecule has 0 spiro atoms. The van der Waals surface area contributed by atoms with Crippen LogP contribution in [0.25, 0.3) is 0 Å². The SMILES string of the molecule is CC(C)(C)C1CCN(C2=CC(=O)CC2)CC1. The average molecular weight is 221 g/mol. The zero-order valence-electron chi connectivity index (χ0n) is 10.8. The maximum atomic E-state index is 11.2. The minimum absolute atomic E-state index is 0.313. The van der Waals surface area contributed by atoms with Crippen LogP contribution in [0, 0.1) is 11.3 Å². The van der Waals surface area contributed by atoms with Gasteiger partial charge in [-0.1, -0.05) is 20.8 Å². The first-order valence-corrected chi connectivity index (χ1v) is 6.45. The summed E-state index contributed by atoms with van der Waals surface area (Å²) in [6.07, 6.45) is 6.11. The van der Waals surface area contributed by atoms with Crippen molar-refractivity contribution in [2.45, 2.75) is 46.5 Å². The molecule has 1 aliphatic carbocycles. The Morgan fingerprint density at radius 2 is 1.81 bits per heavy atom. The van der Waals surface area contributed by atoms with E-state index in [1.165, 1.54) is 18.5 Å². The van der Waals surface area contributed by atoms with Crippen LogP contribution >= 0.6 is 0 Å². The fourth-order valence-corrected chi connectivity index (χ4v) is 2.86. The quantitative estimate of drug-likeness (QED) is 0.678. The van der Waals surface area contributed by atoms with Gasteiger partial charge < -0.3 is 4.90 Å². The van der Waals surface area contributed by atoms with Gasteiger partial charge in [-0.2, -0.15) is 0 Å². The molecule has 2 heteroatoms. The van der Waals surface area contributed by atoms with Crippen molar-refractivity contribution in [1.29, 1.82) is 0 Å². The predicted molar refractivity (Wildman–Crippen MR) is 66.1 cm³/mol. The van der Waals surface area contributed by atoms with Gasteiger partial charge in [0.1, 0.15) is 0 Å². The monoisotopic (exact) mass is 221 g/mol. The molecule has 2 aliphatic rings. The first-order valence-electron chi connectivity index (χ1n) is 6.45. The highest BCUT2D eigenvalue weighted by Crippen LogP contribution is 2.36. The van der Waals surface area contributed by atoms with Crippen molar-refractivity contribution >= 4 is 5.78 Å². The average Bonchev–Trinajstić information content (AvgIpc) is 2.64. The van der Waals surface area contributed by atoms with E-state index in [0.717, 1.165) is 31.8 Å². The number of likely N-dealkylation sites (tertiary alicyclic amines) is 1. The van der Waals surface area contributed by atoms with Gasteiger partial charge in [-0.25, -0.2) is 0 Å². The van der Waals surface area contributed by atoms with E-state index in [1.807, 2.05) is 6.08 Å². The molecule has 2 nitrogen and oxygen atoms in total. The standard InChI is InChI=1S/C14H23NO/c1-14(2,3)11-6-8-15(9-7-11)12-4-5-13(16)10-12/h10-11H,4-9H2,1-3H3. The summed E-state index contributed by atoms with van der Waals surface area (Å²) in [5.74, 6) is 1.15. The van der Waals surface area contributed by atoms with Gasteiger partial charge in [0.05, 0.1) is 0 Å². The molecule has 90 valence electrons. The van der Waals surface area contributed by atoms with Crippen LogP contribution in [-0.2, 0) is 4.79 Å². The fraction of sp³-hybridized carbons (Fsp3) is 0.786. The van der Waals surface area contributed by atoms with Gasteiger partial charge in [0, 0.05) is 31.3 Å². The Bertz CT molecular complexity index is 303. The molecule has 0 saturated carbocycles. The highest BCUT2D eigenvalue weighted by molar-refractivity contribution is 5.92. The van der Waals surface area contributed by atoms with Crippen LogP contribution in [0.2, 0.25) is 0 Å². The molecule has 0 N–H and O–H groups in total. The Balaban J connectivity index is 1.91. The Morgan fingerprint density at radius 3 is 2.25 bits per heavy atom. The van der Waals surface area contributed by atoms with Gasteiger partial charge >= 0.3 is 0 Å². The molecule has 0 aromatic heterocycles. The van der Waals surface area contributed by atoms with Crippen molar-refractivity contribution in [1.82, 2.24) is 4.90 Å². The van der Waals surface area contributed by atoms with Crippen molar-refractivity contribution in [2.24, 2.45) is 11.3 Å². The topological polar surface area (TPSA) is 20.3 Å². The molecule has 16 heavy (non-hydrogen) atoms. The number of carbonyl (C=O) groups excluding carboxylic acids is 1. The van der Waals surface area contributed by atoms with E-state index in [0.29, 0.717) is 11.2 Å². The summed E-state index contributed by atoms with van der Waals surface area (Å²) in [6.45, 7) is 9.30. The lowest BCUT2D eigenvalue weighted by Crippen LogP contribution is -2.37. The molecule has 1 fully saturated rings. The smallest absolute Gasteiger partial charge is 0.157 e. The molecule has 1 heterocycles. The Labute approximate surface area is 98.7 Å². The molecule has 0 aromatic rings. The maximum Gasteiger partial charge on any atom is 0.157 e. The molecular weight excluding hydrogens is 198 g/mol. The first kappa shape index (κ1) is 11.7. The second-order valence-electron chi connectivity index (χ2n) is 6.23. The van der Waals surface area contributed by atoms with Crippen molar-refractivity contribution in [2.75, 3.05) is 13.1 Å². The lowest BCUT2D eigenvalue weighted by molar-refractivity contribution is -0.114. The number of hydrogen-bond donors (Lipinski definition) is 0. The van der Waals surface area contributed by atoms with E-state index >= 15 is 0 Å². The summed E-state index contributed by atoms with van der Waals surface area (Å²) in [5.41, 5.74) is 1.73. The summed E-state index contributed by atoms with van der Waals surface area (Å²) in [5, 5.41) is 0. The Kier molecular flexibility index (Phi) is 3.09. The normalized spacial score (nSPS) is 23.8. The highest BCUT2D eigenvalue weighted by atomic mass is 16.1. The number of allylic oxidation sites excluding steroid dienone is 2. The highest BCUT2D eigenvalue weighted by Gasteiger charge is 2.30. The molecular formula is C14H23NO. The zero-order chi connectivity index (χ0) is 11.8. The van der Waals surface area contributed by atoms with Crippen molar-refractivity contribution < 1.29 is 4.79 Å². The molecule has 1 saturated heterocycles. The van der Waals surface area contributed by atoms with Crippen LogP contribution in [0.4, 0.5) is 0 Å². The summed E-state index contributed by atoms with van der Waals surface area (Å²) in [6, 6.07) is 0. The van der Waals surface area contributed by atoms with Crippen LogP contribution in [0.5, 0.6) is 0 Å².